The largest absolute Gasteiger partial charge is 0.479 e. The molecule has 3 rings (SSSR count). The quantitative estimate of drug-likeness (QED) is 0.474. The van der Waals surface area contributed by atoms with E-state index >= 15 is 0 Å². The van der Waals surface area contributed by atoms with Gasteiger partial charge in [0.1, 0.15) is 12.6 Å². The number of aliphatic carboxylic acids is 1. The van der Waals surface area contributed by atoms with Crippen LogP contribution >= 0.6 is 0 Å². The van der Waals surface area contributed by atoms with Gasteiger partial charge in [0.25, 0.3) is 0 Å². The van der Waals surface area contributed by atoms with E-state index < -0.39 is 49.3 Å². The second-order valence-electron chi connectivity index (χ2n) is 7.44. The molecule has 2 unspecified atom stereocenters. The van der Waals surface area contributed by atoms with Crippen LogP contribution in [0.5, 0.6) is 0 Å². The number of aliphatic hydroxyl groups is 1. The maximum Gasteiger partial charge on any atom is 0.407 e. The number of fused-ring (bicyclic) bond motifs is 3. The van der Waals surface area contributed by atoms with Crippen molar-refractivity contribution >= 4 is 18.0 Å². The fourth-order valence-corrected chi connectivity index (χ4v) is 3.63. The molecular weight excluding hydrogens is 445 g/mol. The van der Waals surface area contributed by atoms with Crippen molar-refractivity contribution < 1.29 is 42.5 Å². The molecule has 2 aromatic rings. The zero-order valence-electron chi connectivity index (χ0n) is 17.1. The summed E-state index contributed by atoms with van der Waals surface area (Å²) in [6.45, 7) is -0.993. The number of aliphatic hydroxyl groups excluding tert-OH is 1. The van der Waals surface area contributed by atoms with Gasteiger partial charge in [0, 0.05) is 5.92 Å². The molecule has 0 fully saturated rings. The Labute approximate surface area is 186 Å². The van der Waals surface area contributed by atoms with Gasteiger partial charge < -0.3 is 25.6 Å². The molecule has 1 aliphatic rings. The highest BCUT2D eigenvalue weighted by atomic mass is 19.4. The van der Waals surface area contributed by atoms with E-state index in [9.17, 15) is 32.7 Å². The summed E-state index contributed by atoms with van der Waals surface area (Å²) >= 11 is 0. The third-order valence-corrected chi connectivity index (χ3v) is 5.14. The van der Waals surface area contributed by atoms with Gasteiger partial charge in [0.2, 0.25) is 5.91 Å². The van der Waals surface area contributed by atoms with Crippen molar-refractivity contribution in [1.82, 2.24) is 10.6 Å². The maximum absolute atomic E-state index is 12.9. The third kappa shape index (κ3) is 6.01. The van der Waals surface area contributed by atoms with E-state index in [0.717, 1.165) is 22.3 Å². The van der Waals surface area contributed by atoms with E-state index in [1.165, 1.54) is 0 Å². The van der Waals surface area contributed by atoms with Crippen LogP contribution in [0, 0.1) is 0 Å². The number of carboxylic acid groups (broad SMARTS) is 1. The van der Waals surface area contributed by atoms with Crippen LogP contribution in [0.1, 0.15) is 23.5 Å². The smallest absolute Gasteiger partial charge is 0.407 e. The van der Waals surface area contributed by atoms with E-state index in [0.29, 0.717) is 0 Å². The van der Waals surface area contributed by atoms with Gasteiger partial charge in [-0.1, -0.05) is 48.5 Å². The zero-order valence-corrected chi connectivity index (χ0v) is 17.1. The van der Waals surface area contributed by atoms with Crippen LogP contribution in [0.4, 0.5) is 18.0 Å². The van der Waals surface area contributed by atoms with E-state index in [1.807, 2.05) is 59.2 Å². The van der Waals surface area contributed by atoms with Crippen LogP contribution in [0.25, 0.3) is 11.1 Å². The van der Waals surface area contributed by atoms with Crippen molar-refractivity contribution in [2.24, 2.45) is 0 Å². The van der Waals surface area contributed by atoms with Gasteiger partial charge >= 0.3 is 18.2 Å². The van der Waals surface area contributed by atoms with Crippen molar-refractivity contribution in [3.63, 3.8) is 0 Å². The Hall–Kier alpha value is -3.60. The number of alkyl carbamates (subject to hydrolysis) is 1. The SMILES string of the molecule is O=C(NC(CC(F)(F)F)C(=O)NCC(O)C(=O)O)OCC1c2ccccc2-c2ccccc21. The van der Waals surface area contributed by atoms with E-state index in [1.54, 1.807) is 0 Å². The average Bonchev–Trinajstić information content (AvgIpc) is 3.08. The first kappa shape index (κ1) is 24.1. The van der Waals surface area contributed by atoms with Crippen molar-refractivity contribution in [3.8, 4) is 11.1 Å². The summed E-state index contributed by atoms with van der Waals surface area (Å²) in [6.07, 6.45) is -9.74. The number of rotatable bonds is 8. The fraction of sp³-hybridized carbons (Fsp3) is 0.318. The first-order chi connectivity index (χ1) is 15.6. The van der Waals surface area contributed by atoms with Crippen LogP contribution in [0.15, 0.2) is 48.5 Å². The number of carboxylic acids is 1. The van der Waals surface area contributed by atoms with Gasteiger partial charge in [-0.25, -0.2) is 9.59 Å². The molecule has 0 bridgehead atoms. The van der Waals surface area contributed by atoms with Crippen LogP contribution in [-0.4, -0.2) is 59.7 Å². The number of carbonyl (C=O) groups excluding carboxylic acids is 2. The number of carbonyl (C=O) groups is 3. The lowest BCUT2D eigenvalue weighted by atomic mass is 9.98. The highest BCUT2D eigenvalue weighted by molar-refractivity contribution is 5.86. The van der Waals surface area contributed by atoms with Gasteiger partial charge in [-0.15, -0.1) is 0 Å². The number of hydrogen-bond donors (Lipinski definition) is 4. The number of ether oxygens (including phenoxy) is 1. The Morgan fingerprint density at radius 1 is 1.00 bits per heavy atom. The van der Waals surface area contributed by atoms with Gasteiger partial charge in [-0.05, 0) is 22.3 Å². The molecule has 0 aliphatic heterocycles. The summed E-state index contributed by atoms with van der Waals surface area (Å²) in [7, 11) is 0. The maximum atomic E-state index is 12.9. The monoisotopic (exact) mass is 466 g/mol. The highest BCUT2D eigenvalue weighted by Gasteiger charge is 2.37. The highest BCUT2D eigenvalue weighted by Crippen LogP contribution is 2.44. The third-order valence-electron chi connectivity index (χ3n) is 5.14. The van der Waals surface area contributed by atoms with Crippen molar-refractivity contribution in [3.05, 3.63) is 59.7 Å². The van der Waals surface area contributed by atoms with E-state index in [4.69, 9.17) is 9.84 Å². The Morgan fingerprint density at radius 3 is 2.06 bits per heavy atom. The lowest BCUT2D eigenvalue weighted by Gasteiger charge is -2.21. The Morgan fingerprint density at radius 2 is 1.55 bits per heavy atom. The number of alkyl halides is 3. The second kappa shape index (κ2) is 9.90. The number of hydrogen-bond acceptors (Lipinski definition) is 5. The fourth-order valence-electron chi connectivity index (χ4n) is 3.63. The van der Waals surface area contributed by atoms with Crippen molar-refractivity contribution in [2.75, 3.05) is 13.2 Å². The average molecular weight is 466 g/mol. The van der Waals surface area contributed by atoms with Gasteiger partial charge in [0.15, 0.2) is 6.10 Å². The minimum absolute atomic E-state index is 0.169. The minimum atomic E-state index is -4.80. The molecule has 4 N–H and O–H groups in total. The molecule has 0 saturated heterocycles. The lowest BCUT2D eigenvalue weighted by Crippen LogP contribution is -2.51. The molecule has 2 atom stereocenters. The molecule has 0 saturated carbocycles. The normalized spacial score (nSPS) is 14.5. The molecule has 2 aromatic carbocycles. The van der Waals surface area contributed by atoms with Crippen LogP contribution in [-0.2, 0) is 14.3 Å². The first-order valence-electron chi connectivity index (χ1n) is 9.93. The summed E-state index contributed by atoms with van der Waals surface area (Å²) in [4.78, 5) is 34.9. The van der Waals surface area contributed by atoms with E-state index in [2.05, 4.69) is 0 Å². The van der Waals surface area contributed by atoms with E-state index in [-0.39, 0.29) is 12.5 Å². The molecule has 176 valence electrons. The van der Waals surface area contributed by atoms with Crippen LogP contribution in [0.3, 0.4) is 0 Å². The number of amides is 2. The number of halogens is 3. The molecule has 8 nitrogen and oxygen atoms in total. The standard InChI is InChI=1S/C22H21F3N2O6/c23-22(24,25)9-17(19(29)26-10-18(28)20(30)31)27-21(32)33-11-16-14-7-3-1-5-12(14)13-6-2-4-8-15(13)16/h1-8,16-18,28H,9-11H2,(H,26,29)(H,27,32)(H,30,31). The van der Waals surface area contributed by atoms with Gasteiger partial charge in [0.05, 0.1) is 13.0 Å². The summed E-state index contributed by atoms with van der Waals surface area (Å²) < 4.78 is 43.8. The second-order valence-corrected chi connectivity index (χ2v) is 7.44. The molecule has 2 amide bonds. The number of benzene rings is 2. The Balaban J connectivity index is 1.66. The Bertz CT molecular complexity index is 997. The zero-order chi connectivity index (χ0) is 24.2. The van der Waals surface area contributed by atoms with Gasteiger partial charge in [-0.2, -0.15) is 13.2 Å². The summed E-state index contributed by atoms with van der Waals surface area (Å²) in [5.74, 6) is -3.29. The molecule has 0 heterocycles. The van der Waals surface area contributed by atoms with Crippen LogP contribution < -0.4 is 10.6 Å². The lowest BCUT2D eigenvalue weighted by molar-refractivity contribution is -0.150. The molecule has 0 spiro atoms. The summed E-state index contributed by atoms with van der Waals surface area (Å²) in [6, 6.07) is 12.9. The minimum Gasteiger partial charge on any atom is -0.479 e. The molecular formula is C22H21F3N2O6. The summed E-state index contributed by atoms with van der Waals surface area (Å²) in [5.41, 5.74) is 3.74. The van der Waals surface area contributed by atoms with Crippen molar-refractivity contribution in [2.45, 2.75) is 30.7 Å². The van der Waals surface area contributed by atoms with Crippen LogP contribution in [0.2, 0.25) is 0 Å². The number of nitrogens with one attached hydrogen (secondary N) is 2. The predicted octanol–water partition coefficient (Wildman–Crippen LogP) is 2.41. The Kier molecular flexibility index (Phi) is 7.22. The van der Waals surface area contributed by atoms with Gasteiger partial charge in [-0.3, -0.25) is 4.79 Å². The molecule has 1 aliphatic carbocycles. The molecule has 33 heavy (non-hydrogen) atoms. The topological polar surface area (TPSA) is 125 Å². The molecule has 0 aromatic heterocycles. The predicted molar refractivity (Wildman–Crippen MR) is 109 cm³/mol. The molecule has 11 heteroatoms. The molecule has 0 radical (unpaired) electrons. The first-order valence-corrected chi connectivity index (χ1v) is 9.93. The van der Waals surface area contributed by atoms with Crippen molar-refractivity contribution in [1.29, 1.82) is 0 Å². The summed E-state index contributed by atoms with van der Waals surface area (Å²) in [5, 5.41) is 21.5.